The topological polar surface area (TPSA) is 94.3 Å². The minimum atomic E-state index is -0.629. The monoisotopic (exact) mass is 531 g/mol. The highest BCUT2D eigenvalue weighted by atomic mass is 35.5. The van der Waals surface area contributed by atoms with Gasteiger partial charge in [-0.05, 0) is 66.8 Å². The van der Waals surface area contributed by atoms with Gasteiger partial charge in [0.1, 0.15) is 12.4 Å². The van der Waals surface area contributed by atoms with Crippen LogP contribution >= 0.6 is 11.6 Å². The molecule has 0 aliphatic heterocycles. The number of nitrogens with one attached hydrogen (secondary N) is 1. The number of amides is 1. The number of ether oxygens (including phenoxy) is 1. The second-order valence-corrected chi connectivity index (χ2v) is 9.39. The van der Waals surface area contributed by atoms with Gasteiger partial charge in [0, 0.05) is 17.0 Å². The van der Waals surface area contributed by atoms with Crippen molar-refractivity contribution >= 4 is 23.3 Å². The first-order valence-electron chi connectivity index (χ1n) is 12.7. The number of nitrogens with zero attached hydrogens (tertiary/aromatic N) is 2. The molecule has 0 unspecified atom stereocenters. The Labute approximate surface area is 227 Å². The number of carbonyl (C=O) groups excluding carboxylic acids is 2. The van der Waals surface area contributed by atoms with Gasteiger partial charge in [0.15, 0.2) is 0 Å². The third-order valence-corrected chi connectivity index (χ3v) is 6.21. The number of carbonyl (C=O) groups is 2. The Morgan fingerprint density at radius 1 is 0.842 bits per heavy atom. The van der Waals surface area contributed by atoms with Crippen LogP contribution in [-0.2, 0) is 29.2 Å². The Morgan fingerprint density at radius 2 is 1.61 bits per heavy atom. The smallest absolute Gasteiger partial charge is 0.287 e. The lowest BCUT2D eigenvalue weighted by Crippen LogP contribution is -2.30. The van der Waals surface area contributed by atoms with Crippen molar-refractivity contribution in [3.63, 3.8) is 0 Å². The van der Waals surface area contributed by atoms with Crippen LogP contribution in [0, 0.1) is 0 Å². The molecule has 196 valence electrons. The third kappa shape index (κ3) is 8.56. The Bertz CT molecular complexity index is 1320. The Hall–Kier alpha value is -3.97. The molecule has 7 nitrogen and oxygen atoms in total. The highest BCUT2D eigenvalue weighted by Crippen LogP contribution is 2.22. The van der Waals surface area contributed by atoms with E-state index in [0.29, 0.717) is 35.3 Å². The lowest BCUT2D eigenvalue weighted by molar-refractivity contribution is -0.138. The molecule has 1 amide bonds. The van der Waals surface area contributed by atoms with Crippen molar-refractivity contribution in [3.05, 3.63) is 101 Å². The first kappa shape index (κ1) is 27.1. The van der Waals surface area contributed by atoms with Crippen LogP contribution in [0.4, 0.5) is 0 Å². The van der Waals surface area contributed by atoms with Gasteiger partial charge in [-0.2, -0.15) is 0 Å². The van der Waals surface area contributed by atoms with E-state index in [-0.39, 0.29) is 18.9 Å². The lowest BCUT2D eigenvalue weighted by Gasteiger charge is -2.07. The molecule has 3 aromatic carbocycles. The van der Waals surface area contributed by atoms with Crippen LogP contribution in [0.5, 0.6) is 5.75 Å². The van der Waals surface area contributed by atoms with Gasteiger partial charge in [0.05, 0.1) is 6.54 Å². The summed E-state index contributed by atoms with van der Waals surface area (Å²) in [7, 11) is 0. The number of hydrogen-bond acceptors (Lipinski definition) is 6. The van der Waals surface area contributed by atoms with Crippen molar-refractivity contribution in [3.8, 4) is 17.2 Å². The van der Waals surface area contributed by atoms with Crippen molar-refractivity contribution in [1.29, 1.82) is 0 Å². The molecule has 8 heteroatoms. The maximum Gasteiger partial charge on any atom is 0.287 e. The molecule has 0 saturated heterocycles. The van der Waals surface area contributed by atoms with Crippen LogP contribution in [0.3, 0.4) is 0 Å². The molecule has 38 heavy (non-hydrogen) atoms. The lowest BCUT2D eigenvalue weighted by atomic mass is 10.0. The van der Waals surface area contributed by atoms with Gasteiger partial charge >= 0.3 is 0 Å². The minimum absolute atomic E-state index is 0.00449. The average Bonchev–Trinajstić information content (AvgIpc) is 3.42. The number of hydrogen-bond donors (Lipinski definition) is 1. The highest BCUT2D eigenvalue weighted by molar-refractivity contribution is 6.36. The molecular formula is C30H30ClN3O4. The summed E-state index contributed by atoms with van der Waals surface area (Å²) in [5.74, 6) is 0.174. The maximum absolute atomic E-state index is 12.1. The predicted molar refractivity (Wildman–Crippen MR) is 146 cm³/mol. The van der Waals surface area contributed by atoms with E-state index >= 15 is 0 Å². The van der Waals surface area contributed by atoms with Gasteiger partial charge in [-0.15, -0.1) is 10.2 Å². The Balaban J connectivity index is 1.14. The highest BCUT2D eigenvalue weighted by Gasteiger charge is 2.15. The van der Waals surface area contributed by atoms with Crippen molar-refractivity contribution in [2.24, 2.45) is 0 Å². The van der Waals surface area contributed by atoms with Crippen molar-refractivity contribution in [2.45, 2.75) is 51.7 Å². The van der Waals surface area contributed by atoms with Crippen LogP contribution in [0.15, 0.2) is 83.3 Å². The summed E-state index contributed by atoms with van der Waals surface area (Å²) in [6.07, 6.45) is 4.99. The zero-order valence-electron chi connectivity index (χ0n) is 21.1. The molecule has 0 fully saturated rings. The quantitative estimate of drug-likeness (QED) is 0.150. The molecule has 0 atom stereocenters. The number of Topliss-reactive ketones (excluding diaryl/α,β-unsaturated/α-hetero) is 1. The van der Waals surface area contributed by atoms with Gasteiger partial charge < -0.3 is 14.5 Å². The number of unbranched alkanes of at least 4 members (excludes halogenated alkanes) is 3. The van der Waals surface area contributed by atoms with E-state index in [2.05, 4.69) is 27.6 Å². The first-order chi connectivity index (χ1) is 18.6. The number of aryl methyl sites for hydroxylation is 1. The second-order valence-electron chi connectivity index (χ2n) is 8.95. The normalized spacial score (nSPS) is 10.8. The summed E-state index contributed by atoms with van der Waals surface area (Å²) >= 11 is 6.01. The largest absolute Gasteiger partial charge is 0.489 e. The first-order valence-corrected chi connectivity index (χ1v) is 13.1. The summed E-state index contributed by atoms with van der Waals surface area (Å²) in [5, 5.41) is 11.2. The van der Waals surface area contributed by atoms with Gasteiger partial charge in [0.2, 0.25) is 17.6 Å². The van der Waals surface area contributed by atoms with Crippen molar-refractivity contribution in [2.75, 3.05) is 0 Å². The number of ketones is 1. The standard InChI is InChI=1S/C30H30ClN3O4/c31-25-13-8-12-23(19-25)21-37-26-17-15-24(16-18-26)30-34-33-28(38-30)20-32-29(36)27(35)14-7-2-1-4-9-22-10-5-3-6-11-22/h3,5-6,8,10-13,15-19H,1-2,4,7,9,14,20-21H2,(H,32,36). The van der Waals surface area contributed by atoms with Gasteiger partial charge in [-0.3, -0.25) is 9.59 Å². The molecule has 4 rings (SSSR count). The van der Waals surface area contributed by atoms with Gasteiger partial charge in [0.25, 0.3) is 5.91 Å². The molecule has 1 aromatic heterocycles. The number of benzene rings is 3. The van der Waals surface area contributed by atoms with E-state index in [0.717, 1.165) is 31.2 Å². The van der Waals surface area contributed by atoms with Crippen LogP contribution in [0.2, 0.25) is 5.02 Å². The number of halogens is 1. The fourth-order valence-electron chi connectivity index (χ4n) is 3.91. The Morgan fingerprint density at radius 3 is 2.39 bits per heavy atom. The van der Waals surface area contributed by atoms with E-state index in [4.69, 9.17) is 20.8 Å². The summed E-state index contributed by atoms with van der Waals surface area (Å²) in [5.41, 5.74) is 3.01. The Kier molecular flexibility index (Phi) is 10.0. The molecule has 0 saturated carbocycles. The molecule has 0 bridgehead atoms. The zero-order chi connectivity index (χ0) is 26.6. The summed E-state index contributed by atoms with van der Waals surface area (Å²) in [4.78, 5) is 24.3. The average molecular weight is 532 g/mol. The van der Waals surface area contributed by atoms with Gasteiger partial charge in [-0.1, -0.05) is 66.9 Å². The molecule has 0 aliphatic carbocycles. The third-order valence-electron chi connectivity index (χ3n) is 5.98. The molecule has 0 radical (unpaired) electrons. The van der Waals surface area contributed by atoms with Crippen LogP contribution < -0.4 is 10.1 Å². The second kappa shape index (κ2) is 14.1. The van der Waals surface area contributed by atoms with Crippen LogP contribution in [0.1, 0.15) is 49.1 Å². The minimum Gasteiger partial charge on any atom is -0.489 e. The van der Waals surface area contributed by atoms with E-state index in [1.54, 1.807) is 0 Å². The molecule has 1 N–H and O–H groups in total. The van der Waals surface area contributed by atoms with E-state index in [1.165, 1.54) is 5.56 Å². The fraction of sp³-hybridized carbons (Fsp3) is 0.267. The SMILES string of the molecule is O=C(CCCCCCc1ccccc1)C(=O)NCc1nnc(-c2ccc(OCc3cccc(Cl)c3)cc2)o1. The summed E-state index contributed by atoms with van der Waals surface area (Å²) < 4.78 is 11.4. The molecule has 4 aromatic rings. The summed E-state index contributed by atoms with van der Waals surface area (Å²) in [6, 6.07) is 25.1. The fourth-order valence-corrected chi connectivity index (χ4v) is 4.12. The van der Waals surface area contributed by atoms with Gasteiger partial charge in [-0.25, -0.2) is 0 Å². The molecule has 0 aliphatic rings. The van der Waals surface area contributed by atoms with Crippen LogP contribution in [0.25, 0.3) is 11.5 Å². The predicted octanol–water partition coefficient (Wildman–Crippen LogP) is 6.35. The summed E-state index contributed by atoms with van der Waals surface area (Å²) in [6.45, 7) is 0.396. The van der Waals surface area contributed by atoms with Crippen molar-refractivity contribution in [1.82, 2.24) is 15.5 Å². The van der Waals surface area contributed by atoms with Crippen molar-refractivity contribution < 1.29 is 18.7 Å². The number of aromatic nitrogens is 2. The number of rotatable bonds is 14. The van der Waals surface area contributed by atoms with E-state index in [1.807, 2.05) is 66.7 Å². The molecule has 1 heterocycles. The maximum atomic E-state index is 12.1. The van der Waals surface area contributed by atoms with Crippen LogP contribution in [-0.4, -0.2) is 21.9 Å². The molecule has 0 spiro atoms. The van der Waals surface area contributed by atoms with E-state index < -0.39 is 11.7 Å². The zero-order valence-corrected chi connectivity index (χ0v) is 21.8. The molecular weight excluding hydrogens is 502 g/mol. The van der Waals surface area contributed by atoms with E-state index in [9.17, 15) is 9.59 Å².